The van der Waals surface area contributed by atoms with Crippen LogP contribution < -0.4 is 0 Å². The maximum absolute atomic E-state index is 14.0. The number of ketones is 1. The maximum Gasteiger partial charge on any atom is 0.149 e. The number of rotatable bonds is 7. The van der Waals surface area contributed by atoms with Gasteiger partial charge < -0.3 is 15.3 Å². The van der Waals surface area contributed by atoms with Gasteiger partial charge >= 0.3 is 0 Å². The lowest BCUT2D eigenvalue weighted by Crippen LogP contribution is -2.52. The van der Waals surface area contributed by atoms with Gasteiger partial charge in [0.1, 0.15) is 5.78 Å². The highest BCUT2D eigenvalue weighted by molar-refractivity contribution is 5.92. The van der Waals surface area contributed by atoms with E-state index in [1.807, 2.05) is 13.0 Å². The summed E-state index contributed by atoms with van der Waals surface area (Å²) in [4.78, 5) is 14.0. The molecule has 4 nitrogen and oxygen atoms in total. The second-order valence-corrected chi connectivity index (χ2v) is 13.8. The number of carbonyl (C=O) groups excluding carboxylic acids is 1. The highest BCUT2D eigenvalue weighted by Gasteiger charge is 2.62. The molecule has 4 rings (SSSR count). The molecule has 3 saturated carbocycles. The van der Waals surface area contributed by atoms with Crippen molar-refractivity contribution in [2.75, 3.05) is 6.61 Å². The van der Waals surface area contributed by atoms with E-state index in [0.717, 1.165) is 18.4 Å². The van der Waals surface area contributed by atoms with Crippen LogP contribution in [0.3, 0.4) is 0 Å². The molecule has 3 N–H and O–H groups in total. The zero-order valence-corrected chi connectivity index (χ0v) is 22.7. The van der Waals surface area contributed by atoms with E-state index in [1.54, 1.807) is 0 Å². The first-order valence-corrected chi connectivity index (χ1v) is 14.0. The third-order valence-corrected chi connectivity index (χ3v) is 12.0. The Hall–Kier alpha value is -0.710. The second-order valence-electron chi connectivity index (χ2n) is 13.8. The molecule has 11 unspecified atom stereocenters. The first kappa shape index (κ1) is 26.4. The summed E-state index contributed by atoms with van der Waals surface area (Å²) in [6.07, 6.45) is 6.52. The van der Waals surface area contributed by atoms with E-state index in [4.69, 9.17) is 0 Å². The molecule has 4 heteroatoms. The van der Waals surface area contributed by atoms with Crippen LogP contribution in [-0.4, -0.2) is 39.9 Å². The molecular formula is C30H50O4. The van der Waals surface area contributed by atoms with E-state index in [9.17, 15) is 20.1 Å². The van der Waals surface area contributed by atoms with Gasteiger partial charge in [0.25, 0.3) is 0 Å². The minimum absolute atomic E-state index is 0.0867. The van der Waals surface area contributed by atoms with Crippen LogP contribution in [0, 0.1) is 57.7 Å². The summed E-state index contributed by atoms with van der Waals surface area (Å²) in [6.45, 7) is 16.4. The number of aliphatic hydroxyl groups is 3. The van der Waals surface area contributed by atoms with Gasteiger partial charge in [-0.2, -0.15) is 0 Å². The number of carbonyl (C=O) groups is 1. The van der Waals surface area contributed by atoms with Crippen molar-refractivity contribution < 1.29 is 20.1 Å². The minimum Gasteiger partial charge on any atom is -0.396 e. The molecule has 0 saturated heterocycles. The van der Waals surface area contributed by atoms with Gasteiger partial charge in [0.2, 0.25) is 0 Å². The van der Waals surface area contributed by atoms with E-state index in [0.29, 0.717) is 60.7 Å². The molecule has 4 aliphatic carbocycles. The lowest BCUT2D eigenvalue weighted by molar-refractivity contribution is -0.142. The normalized spacial score (nSPS) is 48.4. The van der Waals surface area contributed by atoms with Crippen molar-refractivity contribution in [1.29, 1.82) is 0 Å². The summed E-state index contributed by atoms with van der Waals surface area (Å²) >= 11 is 0. The highest BCUT2D eigenvalue weighted by Crippen LogP contribution is 2.68. The van der Waals surface area contributed by atoms with Crippen LogP contribution in [0.4, 0.5) is 0 Å². The third-order valence-electron chi connectivity index (χ3n) is 12.0. The molecule has 0 radical (unpaired) electrons. The number of aliphatic hydroxyl groups excluding tert-OH is 3. The fourth-order valence-electron chi connectivity index (χ4n) is 9.11. The first-order chi connectivity index (χ1) is 15.8. The Balaban J connectivity index is 1.61. The smallest absolute Gasteiger partial charge is 0.149 e. The standard InChI is InChI=1S/C30H50O4/c1-17(2)19(4)30(7)16-24(30)18(3)22-8-9-23(29(22,6)12-13-31)26-25(33)15-20-14-21(32)10-11-28(20,5)27(26)34/h15,17-19,21-26,31-33H,8-14,16H2,1-7H3. The van der Waals surface area contributed by atoms with Crippen LogP contribution in [0.1, 0.15) is 93.4 Å². The lowest BCUT2D eigenvalue weighted by Gasteiger charge is -2.49. The van der Waals surface area contributed by atoms with Crippen molar-refractivity contribution in [3.05, 3.63) is 11.6 Å². The van der Waals surface area contributed by atoms with Crippen molar-refractivity contribution in [2.45, 2.75) is 106 Å². The molecule has 34 heavy (non-hydrogen) atoms. The Bertz CT molecular complexity index is 819. The minimum atomic E-state index is -0.787. The lowest BCUT2D eigenvalue weighted by atomic mass is 9.55. The van der Waals surface area contributed by atoms with Gasteiger partial charge in [-0.3, -0.25) is 4.79 Å². The Labute approximate surface area is 207 Å². The van der Waals surface area contributed by atoms with Crippen LogP contribution in [0.5, 0.6) is 0 Å². The van der Waals surface area contributed by atoms with Gasteiger partial charge in [0.15, 0.2) is 0 Å². The molecule has 0 aromatic rings. The monoisotopic (exact) mass is 474 g/mol. The van der Waals surface area contributed by atoms with Crippen LogP contribution >= 0.6 is 0 Å². The van der Waals surface area contributed by atoms with Crippen molar-refractivity contribution >= 4 is 5.78 Å². The molecule has 0 bridgehead atoms. The third kappa shape index (κ3) is 3.95. The molecule has 3 fully saturated rings. The van der Waals surface area contributed by atoms with Crippen molar-refractivity contribution in [3.63, 3.8) is 0 Å². The van der Waals surface area contributed by atoms with Gasteiger partial charge in [-0.25, -0.2) is 0 Å². The average Bonchev–Trinajstić information content (AvgIpc) is 3.36. The molecule has 0 heterocycles. The maximum atomic E-state index is 14.0. The van der Waals surface area contributed by atoms with Gasteiger partial charge in [-0.05, 0) is 98.2 Å². The van der Waals surface area contributed by atoms with Crippen molar-refractivity contribution in [2.24, 2.45) is 57.7 Å². The highest BCUT2D eigenvalue weighted by atomic mass is 16.3. The summed E-state index contributed by atoms with van der Waals surface area (Å²) in [5.74, 6) is 2.93. The quantitative estimate of drug-likeness (QED) is 0.432. The second kappa shape index (κ2) is 8.99. The van der Waals surface area contributed by atoms with E-state index in [2.05, 4.69) is 41.5 Å². The molecule has 0 aromatic heterocycles. The number of fused-ring (bicyclic) bond motifs is 1. The number of Topliss-reactive ketones (excluding diaryl/α,β-unsaturated/α-hetero) is 1. The summed E-state index contributed by atoms with van der Waals surface area (Å²) in [7, 11) is 0. The number of hydrogen-bond donors (Lipinski definition) is 3. The number of hydrogen-bond acceptors (Lipinski definition) is 4. The Morgan fingerprint density at radius 2 is 1.71 bits per heavy atom. The average molecular weight is 475 g/mol. The Morgan fingerprint density at radius 1 is 1.03 bits per heavy atom. The van der Waals surface area contributed by atoms with E-state index in [-0.39, 0.29) is 23.7 Å². The molecule has 194 valence electrons. The van der Waals surface area contributed by atoms with Crippen LogP contribution in [0.25, 0.3) is 0 Å². The van der Waals surface area contributed by atoms with Crippen molar-refractivity contribution in [1.82, 2.24) is 0 Å². The first-order valence-electron chi connectivity index (χ1n) is 14.0. The Kier molecular flexibility index (Phi) is 6.97. The topological polar surface area (TPSA) is 77.8 Å². The molecular weight excluding hydrogens is 424 g/mol. The van der Waals surface area contributed by atoms with E-state index < -0.39 is 23.5 Å². The summed E-state index contributed by atoms with van der Waals surface area (Å²) in [5.41, 5.74) is 0.605. The van der Waals surface area contributed by atoms with Gasteiger partial charge in [-0.15, -0.1) is 0 Å². The van der Waals surface area contributed by atoms with Crippen LogP contribution in [-0.2, 0) is 4.79 Å². The van der Waals surface area contributed by atoms with Gasteiger partial charge in [0, 0.05) is 12.0 Å². The molecule has 11 atom stereocenters. The molecule has 0 aromatic carbocycles. The van der Waals surface area contributed by atoms with Crippen LogP contribution in [0.2, 0.25) is 0 Å². The predicted octanol–water partition coefficient (Wildman–Crippen LogP) is 5.39. The fourth-order valence-corrected chi connectivity index (χ4v) is 9.11. The fraction of sp³-hybridized carbons (Fsp3) is 0.900. The molecule has 4 aliphatic rings. The van der Waals surface area contributed by atoms with Gasteiger partial charge in [-0.1, -0.05) is 53.2 Å². The Morgan fingerprint density at radius 3 is 2.32 bits per heavy atom. The molecule has 0 aliphatic heterocycles. The summed E-state index contributed by atoms with van der Waals surface area (Å²) in [5, 5.41) is 31.6. The van der Waals surface area contributed by atoms with E-state index in [1.165, 1.54) is 6.42 Å². The van der Waals surface area contributed by atoms with E-state index >= 15 is 0 Å². The molecule has 0 spiro atoms. The zero-order valence-electron chi connectivity index (χ0n) is 22.7. The molecule has 0 amide bonds. The van der Waals surface area contributed by atoms with Crippen molar-refractivity contribution in [3.8, 4) is 0 Å². The van der Waals surface area contributed by atoms with Gasteiger partial charge in [0.05, 0.1) is 18.1 Å². The predicted molar refractivity (Wildman–Crippen MR) is 136 cm³/mol. The largest absolute Gasteiger partial charge is 0.396 e. The van der Waals surface area contributed by atoms with Crippen LogP contribution in [0.15, 0.2) is 11.6 Å². The SMILES string of the molecule is CC(C)C(C)C1(C)CC1C(C)C1CCC(C2C(=O)C3(C)CCC(O)CC3=CC2O)C1(C)CCO. The summed E-state index contributed by atoms with van der Waals surface area (Å²) in [6, 6.07) is 0. The summed E-state index contributed by atoms with van der Waals surface area (Å²) < 4.78 is 0. The zero-order chi connectivity index (χ0) is 25.2.